The molecule has 1 atom stereocenters. The van der Waals surface area contributed by atoms with Crippen molar-refractivity contribution in [3.63, 3.8) is 0 Å². The van der Waals surface area contributed by atoms with E-state index in [2.05, 4.69) is 20.1 Å². The Morgan fingerprint density at radius 1 is 1.20 bits per heavy atom. The number of hydrogen-bond donors (Lipinski definition) is 1. The highest BCUT2D eigenvalue weighted by Gasteiger charge is 2.33. The summed E-state index contributed by atoms with van der Waals surface area (Å²) in [6.07, 6.45) is 5.87. The number of nitrogens with one attached hydrogen (secondary N) is 1. The predicted molar refractivity (Wildman–Crippen MR) is 126 cm³/mol. The van der Waals surface area contributed by atoms with Gasteiger partial charge in [-0.15, -0.1) is 0 Å². The van der Waals surface area contributed by atoms with Crippen molar-refractivity contribution < 1.29 is 18.1 Å². The highest BCUT2D eigenvalue weighted by molar-refractivity contribution is 6.07. The minimum atomic E-state index is -0.314. The Morgan fingerprint density at radius 3 is 2.94 bits per heavy atom. The van der Waals surface area contributed by atoms with Crippen LogP contribution in [-0.2, 0) is 0 Å². The van der Waals surface area contributed by atoms with Gasteiger partial charge in [0.15, 0.2) is 5.76 Å². The molecule has 0 saturated carbocycles. The van der Waals surface area contributed by atoms with Crippen LogP contribution in [0.3, 0.4) is 0 Å². The number of aromatic nitrogens is 4. The standard InChI is InChI=1S/C26H22FN5O3/c1-15-23-18(13-19(22-9-5-11-34-22)30-25(23)35-31-15)26(33)32-10-3-2-8-21(32)24-28-14-20(29-24)16-6-4-7-17(27)12-16/h4-7,9,11-14,21H,2-3,8,10H2,1H3,(H,28,29)/t21-/m0/s1. The Kier molecular flexibility index (Phi) is 5.17. The zero-order valence-electron chi connectivity index (χ0n) is 19.0. The Hall–Kier alpha value is -4.27. The summed E-state index contributed by atoms with van der Waals surface area (Å²) in [6, 6.07) is 11.4. The van der Waals surface area contributed by atoms with Crippen molar-refractivity contribution in [1.82, 2.24) is 25.0 Å². The lowest BCUT2D eigenvalue weighted by atomic mass is 9.99. The first kappa shape index (κ1) is 21.3. The topological polar surface area (TPSA) is 101 Å². The number of halogens is 1. The van der Waals surface area contributed by atoms with Crippen LogP contribution < -0.4 is 0 Å². The van der Waals surface area contributed by atoms with Crippen LogP contribution in [-0.4, -0.2) is 37.5 Å². The van der Waals surface area contributed by atoms with Gasteiger partial charge in [0.1, 0.15) is 17.3 Å². The highest BCUT2D eigenvalue weighted by atomic mass is 19.1. The number of nitrogens with zero attached hydrogens (tertiary/aromatic N) is 4. The van der Waals surface area contributed by atoms with Crippen molar-refractivity contribution in [3.05, 3.63) is 77.8 Å². The Bertz CT molecular complexity index is 1520. The lowest BCUT2D eigenvalue weighted by Crippen LogP contribution is -2.39. The Labute approximate surface area is 199 Å². The molecule has 1 N–H and O–H groups in total. The zero-order valence-corrected chi connectivity index (χ0v) is 19.0. The van der Waals surface area contributed by atoms with E-state index in [9.17, 15) is 9.18 Å². The predicted octanol–water partition coefficient (Wildman–Crippen LogP) is 5.69. The van der Waals surface area contributed by atoms with E-state index in [0.29, 0.717) is 57.4 Å². The van der Waals surface area contributed by atoms with Crippen LogP contribution in [0.15, 0.2) is 63.9 Å². The summed E-state index contributed by atoms with van der Waals surface area (Å²) in [7, 11) is 0. The summed E-state index contributed by atoms with van der Waals surface area (Å²) < 4.78 is 24.7. The molecule has 5 aromatic rings. The number of carbonyl (C=O) groups excluding carboxylic acids is 1. The molecule has 0 radical (unpaired) electrons. The first-order chi connectivity index (χ1) is 17.1. The molecule has 6 rings (SSSR count). The third kappa shape index (κ3) is 3.78. The van der Waals surface area contributed by atoms with Crippen LogP contribution in [0.1, 0.15) is 47.2 Å². The van der Waals surface area contributed by atoms with E-state index in [0.717, 1.165) is 19.3 Å². The van der Waals surface area contributed by atoms with E-state index in [1.54, 1.807) is 43.6 Å². The molecule has 1 aliphatic heterocycles. The molecule has 35 heavy (non-hydrogen) atoms. The minimum Gasteiger partial charge on any atom is -0.463 e. The maximum atomic E-state index is 14.0. The van der Waals surface area contributed by atoms with E-state index in [-0.39, 0.29) is 17.8 Å². The number of aryl methyl sites for hydroxylation is 1. The largest absolute Gasteiger partial charge is 0.463 e. The Balaban J connectivity index is 1.39. The second kappa shape index (κ2) is 8.50. The summed E-state index contributed by atoms with van der Waals surface area (Å²) in [5.74, 6) is 0.753. The van der Waals surface area contributed by atoms with Gasteiger partial charge in [-0.1, -0.05) is 17.3 Å². The van der Waals surface area contributed by atoms with E-state index in [1.807, 2.05) is 11.0 Å². The van der Waals surface area contributed by atoms with Gasteiger partial charge in [0.2, 0.25) is 0 Å². The molecule has 9 heteroatoms. The number of hydrogen-bond acceptors (Lipinski definition) is 6. The van der Waals surface area contributed by atoms with Crippen LogP contribution >= 0.6 is 0 Å². The van der Waals surface area contributed by atoms with Crippen LogP contribution in [0.2, 0.25) is 0 Å². The third-order valence-electron chi connectivity index (χ3n) is 6.43. The van der Waals surface area contributed by atoms with Crippen molar-refractivity contribution in [1.29, 1.82) is 0 Å². The summed E-state index contributed by atoms with van der Waals surface area (Å²) in [4.78, 5) is 28.2. The van der Waals surface area contributed by atoms with Crippen LogP contribution in [0.5, 0.6) is 0 Å². The number of benzene rings is 1. The van der Waals surface area contributed by atoms with E-state index in [4.69, 9.17) is 8.94 Å². The van der Waals surface area contributed by atoms with Crippen molar-refractivity contribution in [3.8, 4) is 22.7 Å². The quantitative estimate of drug-likeness (QED) is 0.361. The molecule has 4 aromatic heterocycles. The van der Waals surface area contributed by atoms with E-state index < -0.39 is 0 Å². The average Bonchev–Trinajstić information content (AvgIpc) is 3.65. The number of carbonyl (C=O) groups is 1. The molecule has 5 heterocycles. The molecule has 8 nitrogen and oxygen atoms in total. The fraction of sp³-hybridized carbons (Fsp3) is 0.231. The second-order valence-corrected chi connectivity index (χ2v) is 8.68. The van der Waals surface area contributed by atoms with E-state index >= 15 is 0 Å². The smallest absolute Gasteiger partial charge is 0.259 e. The number of aromatic amines is 1. The van der Waals surface area contributed by atoms with E-state index in [1.165, 1.54) is 12.1 Å². The normalized spacial score (nSPS) is 16.2. The van der Waals surface area contributed by atoms with Crippen molar-refractivity contribution in [2.24, 2.45) is 0 Å². The molecule has 1 aliphatic rings. The van der Waals surface area contributed by atoms with Crippen LogP contribution in [0.4, 0.5) is 4.39 Å². The summed E-state index contributed by atoms with van der Waals surface area (Å²) in [5.41, 5.74) is 3.27. The summed E-state index contributed by atoms with van der Waals surface area (Å²) in [5, 5.41) is 4.63. The molecule has 176 valence electrons. The van der Waals surface area contributed by atoms with Crippen LogP contribution in [0.25, 0.3) is 33.8 Å². The number of furan rings is 1. The summed E-state index contributed by atoms with van der Waals surface area (Å²) >= 11 is 0. The van der Waals surface area contributed by atoms with Crippen LogP contribution in [0, 0.1) is 12.7 Å². The maximum Gasteiger partial charge on any atom is 0.259 e. The van der Waals surface area contributed by atoms with Gasteiger partial charge in [-0.25, -0.2) is 14.4 Å². The lowest BCUT2D eigenvalue weighted by molar-refractivity contribution is 0.0603. The molecule has 1 amide bonds. The molecule has 1 saturated heterocycles. The number of H-pyrrole nitrogens is 1. The molecule has 0 unspecified atom stereocenters. The molecule has 0 bridgehead atoms. The fourth-order valence-electron chi connectivity index (χ4n) is 4.74. The number of rotatable bonds is 4. The third-order valence-corrected chi connectivity index (χ3v) is 6.43. The van der Waals surface area contributed by atoms with Crippen molar-refractivity contribution in [2.75, 3.05) is 6.54 Å². The Morgan fingerprint density at radius 2 is 2.11 bits per heavy atom. The molecule has 0 aliphatic carbocycles. The van der Waals surface area contributed by atoms with Gasteiger partial charge >= 0.3 is 0 Å². The number of pyridine rings is 1. The van der Waals surface area contributed by atoms with Gasteiger partial charge in [0.25, 0.3) is 11.6 Å². The van der Waals surface area contributed by atoms with Gasteiger partial charge in [-0.2, -0.15) is 0 Å². The van der Waals surface area contributed by atoms with Gasteiger partial charge in [0.05, 0.1) is 40.8 Å². The lowest BCUT2D eigenvalue weighted by Gasteiger charge is -2.34. The van der Waals surface area contributed by atoms with Gasteiger partial charge in [0, 0.05) is 12.1 Å². The SMILES string of the molecule is Cc1noc2nc(-c3ccco3)cc(C(=O)N3CCCC[C@H]3c3ncc(-c4cccc(F)c4)[nH]3)c12. The number of imidazole rings is 1. The number of piperidine rings is 1. The van der Waals surface area contributed by atoms with Crippen molar-refractivity contribution >= 4 is 17.0 Å². The molecular weight excluding hydrogens is 449 g/mol. The summed E-state index contributed by atoms with van der Waals surface area (Å²) in [6.45, 7) is 2.38. The monoisotopic (exact) mass is 471 g/mol. The van der Waals surface area contributed by atoms with Gasteiger partial charge in [-0.3, -0.25) is 4.79 Å². The first-order valence-corrected chi connectivity index (χ1v) is 11.5. The first-order valence-electron chi connectivity index (χ1n) is 11.5. The second-order valence-electron chi connectivity index (χ2n) is 8.68. The molecule has 1 aromatic carbocycles. The average molecular weight is 471 g/mol. The fourth-order valence-corrected chi connectivity index (χ4v) is 4.74. The van der Waals surface area contributed by atoms with Gasteiger partial charge in [-0.05, 0) is 56.5 Å². The van der Waals surface area contributed by atoms with Crippen molar-refractivity contribution in [2.45, 2.75) is 32.2 Å². The number of amides is 1. The molecule has 1 fully saturated rings. The maximum absolute atomic E-state index is 14.0. The highest BCUT2D eigenvalue weighted by Crippen LogP contribution is 2.35. The molecule has 0 spiro atoms. The molecular formula is C26H22FN5O3. The number of likely N-dealkylation sites (tertiary alicyclic amines) is 1. The minimum absolute atomic E-state index is 0.148. The zero-order chi connectivity index (χ0) is 23.9. The van der Waals surface area contributed by atoms with Gasteiger partial charge < -0.3 is 18.8 Å². The number of fused-ring (bicyclic) bond motifs is 1.